The van der Waals surface area contributed by atoms with E-state index < -0.39 is 11.9 Å². The number of halogens is 1. The summed E-state index contributed by atoms with van der Waals surface area (Å²) in [6.45, 7) is 0.417. The average molecular weight is 350 g/mol. The maximum absolute atomic E-state index is 13.1. The summed E-state index contributed by atoms with van der Waals surface area (Å²) in [5.74, 6) is -0.804. The van der Waals surface area contributed by atoms with Crippen LogP contribution in [0.1, 0.15) is 34.2 Å². The molecule has 0 saturated heterocycles. The second kappa shape index (κ2) is 9.14. The van der Waals surface area contributed by atoms with Crippen molar-refractivity contribution in [3.63, 3.8) is 0 Å². The summed E-state index contributed by atoms with van der Waals surface area (Å²) in [5.41, 5.74) is 0.415. The number of nitrogens with one attached hydrogen (secondary N) is 2. The van der Waals surface area contributed by atoms with Crippen molar-refractivity contribution in [2.45, 2.75) is 18.9 Å². The highest BCUT2D eigenvalue weighted by molar-refractivity contribution is 7.12. The van der Waals surface area contributed by atoms with Gasteiger partial charge >= 0.3 is 0 Å². The standard InChI is InChI=1S/C17H19FN2O3S/c18-13-5-1-4-12(10-13)14(21)11-20-16(22)7-2-8-19-17(23)15-6-3-9-24-15/h1,3-6,9-10,14,21H,2,7-8,11H2,(H,19,23)(H,20,22). The van der Waals surface area contributed by atoms with Crippen molar-refractivity contribution in [1.29, 1.82) is 0 Å². The average Bonchev–Trinajstić information content (AvgIpc) is 3.11. The Kier molecular flexibility index (Phi) is 6.89. The van der Waals surface area contributed by atoms with E-state index >= 15 is 0 Å². The van der Waals surface area contributed by atoms with E-state index in [4.69, 9.17) is 0 Å². The van der Waals surface area contributed by atoms with Gasteiger partial charge in [0.05, 0.1) is 11.0 Å². The van der Waals surface area contributed by atoms with Crippen molar-refractivity contribution in [2.24, 2.45) is 0 Å². The number of rotatable bonds is 8. The van der Waals surface area contributed by atoms with Gasteiger partial charge in [-0.2, -0.15) is 0 Å². The van der Waals surface area contributed by atoms with Gasteiger partial charge in [-0.25, -0.2) is 4.39 Å². The van der Waals surface area contributed by atoms with E-state index in [-0.39, 0.29) is 24.8 Å². The molecule has 0 bridgehead atoms. The Morgan fingerprint density at radius 1 is 1.21 bits per heavy atom. The Balaban J connectivity index is 1.62. The van der Waals surface area contributed by atoms with E-state index in [0.717, 1.165) is 0 Å². The Hall–Kier alpha value is -2.25. The van der Waals surface area contributed by atoms with Crippen LogP contribution >= 0.6 is 11.3 Å². The molecule has 0 radical (unpaired) electrons. The molecule has 1 heterocycles. The summed E-state index contributed by atoms with van der Waals surface area (Å²) >= 11 is 1.36. The highest BCUT2D eigenvalue weighted by Gasteiger charge is 2.10. The first-order valence-electron chi connectivity index (χ1n) is 7.58. The van der Waals surface area contributed by atoms with Crippen LogP contribution in [0.25, 0.3) is 0 Å². The fourth-order valence-corrected chi connectivity index (χ4v) is 2.72. The van der Waals surface area contributed by atoms with Gasteiger partial charge in [-0.3, -0.25) is 9.59 Å². The summed E-state index contributed by atoms with van der Waals surface area (Å²) in [6, 6.07) is 9.17. The topological polar surface area (TPSA) is 78.4 Å². The predicted molar refractivity (Wildman–Crippen MR) is 90.3 cm³/mol. The van der Waals surface area contributed by atoms with E-state index in [1.165, 1.54) is 29.5 Å². The molecule has 24 heavy (non-hydrogen) atoms. The van der Waals surface area contributed by atoms with E-state index in [1.807, 2.05) is 5.38 Å². The van der Waals surface area contributed by atoms with Gasteiger partial charge in [0.2, 0.25) is 5.91 Å². The molecule has 0 spiro atoms. The van der Waals surface area contributed by atoms with Crippen LogP contribution in [0.3, 0.4) is 0 Å². The first kappa shape index (κ1) is 18.1. The van der Waals surface area contributed by atoms with Crippen LogP contribution in [0.2, 0.25) is 0 Å². The van der Waals surface area contributed by atoms with Gasteiger partial charge in [-0.1, -0.05) is 18.2 Å². The lowest BCUT2D eigenvalue weighted by atomic mass is 10.1. The van der Waals surface area contributed by atoms with E-state index in [1.54, 1.807) is 18.2 Å². The first-order valence-corrected chi connectivity index (χ1v) is 8.46. The zero-order chi connectivity index (χ0) is 17.4. The molecular weight excluding hydrogens is 331 g/mol. The number of benzene rings is 1. The monoisotopic (exact) mass is 350 g/mol. The van der Waals surface area contributed by atoms with Gasteiger partial charge in [0, 0.05) is 19.5 Å². The molecule has 1 atom stereocenters. The highest BCUT2D eigenvalue weighted by atomic mass is 32.1. The molecule has 5 nitrogen and oxygen atoms in total. The van der Waals surface area contributed by atoms with Crippen LogP contribution in [0.5, 0.6) is 0 Å². The zero-order valence-corrected chi connectivity index (χ0v) is 13.8. The van der Waals surface area contributed by atoms with Gasteiger partial charge in [0.25, 0.3) is 5.91 Å². The number of carbonyl (C=O) groups excluding carboxylic acids is 2. The molecule has 0 aliphatic carbocycles. The smallest absolute Gasteiger partial charge is 0.261 e. The second-order valence-corrected chi connectivity index (χ2v) is 6.16. The van der Waals surface area contributed by atoms with Crippen molar-refractivity contribution in [1.82, 2.24) is 10.6 Å². The molecule has 3 N–H and O–H groups in total. The molecule has 128 valence electrons. The maximum Gasteiger partial charge on any atom is 0.261 e. The SMILES string of the molecule is O=C(CCCNC(=O)c1cccs1)NCC(O)c1cccc(F)c1. The summed E-state index contributed by atoms with van der Waals surface area (Å²) in [4.78, 5) is 24.0. The summed E-state index contributed by atoms with van der Waals surface area (Å²) in [6.07, 6.45) is -0.220. The molecule has 2 amide bonds. The van der Waals surface area contributed by atoms with Crippen molar-refractivity contribution in [3.8, 4) is 0 Å². The number of hydrogen-bond acceptors (Lipinski definition) is 4. The van der Waals surface area contributed by atoms with Crippen LogP contribution < -0.4 is 10.6 Å². The Morgan fingerprint density at radius 2 is 2.04 bits per heavy atom. The summed E-state index contributed by atoms with van der Waals surface area (Å²) in [7, 11) is 0. The third-order valence-electron chi connectivity index (χ3n) is 3.34. The maximum atomic E-state index is 13.1. The number of thiophene rings is 1. The number of carbonyl (C=O) groups is 2. The molecule has 2 rings (SSSR count). The van der Waals surface area contributed by atoms with E-state index in [2.05, 4.69) is 10.6 Å². The normalized spacial score (nSPS) is 11.8. The number of aliphatic hydroxyl groups excluding tert-OH is 1. The quantitative estimate of drug-likeness (QED) is 0.639. The highest BCUT2D eigenvalue weighted by Crippen LogP contribution is 2.13. The van der Waals surface area contributed by atoms with Crippen molar-refractivity contribution in [3.05, 3.63) is 58.0 Å². The summed E-state index contributed by atoms with van der Waals surface area (Å²) < 4.78 is 13.1. The number of hydrogen-bond donors (Lipinski definition) is 3. The molecule has 2 aromatic rings. The Bertz CT molecular complexity index is 676. The second-order valence-electron chi connectivity index (χ2n) is 5.21. The van der Waals surface area contributed by atoms with Gasteiger partial charge < -0.3 is 15.7 Å². The van der Waals surface area contributed by atoms with Gasteiger partial charge in [0.15, 0.2) is 0 Å². The molecular formula is C17H19FN2O3S. The molecule has 1 unspecified atom stereocenters. The predicted octanol–water partition coefficient (Wildman–Crippen LogP) is 2.25. The van der Waals surface area contributed by atoms with Crippen LogP contribution in [-0.4, -0.2) is 30.0 Å². The fourth-order valence-electron chi connectivity index (χ4n) is 2.08. The van der Waals surface area contributed by atoms with Gasteiger partial charge in [-0.15, -0.1) is 11.3 Å². The van der Waals surface area contributed by atoms with Crippen LogP contribution in [0.4, 0.5) is 4.39 Å². The Labute approximate surface area is 143 Å². The first-order chi connectivity index (χ1) is 11.6. The van der Waals surface area contributed by atoms with Crippen molar-refractivity contribution < 1.29 is 19.1 Å². The number of amides is 2. The molecule has 0 fully saturated rings. The van der Waals surface area contributed by atoms with E-state index in [9.17, 15) is 19.1 Å². The lowest BCUT2D eigenvalue weighted by Gasteiger charge is -2.12. The lowest BCUT2D eigenvalue weighted by molar-refractivity contribution is -0.121. The van der Waals surface area contributed by atoms with Gasteiger partial charge in [0.1, 0.15) is 5.82 Å². The number of aliphatic hydroxyl groups is 1. The minimum atomic E-state index is -0.955. The van der Waals surface area contributed by atoms with Crippen molar-refractivity contribution in [2.75, 3.05) is 13.1 Å². The molecule has 0 saturated carbocycles. The van der Waals surface area contributed by atoms with Crippen molar-refractivity contribution >= 4 is 23.2 Å². The minimum Gasteiger partial charge on any atom is -0.387 e. The fraction of sp³-hybridized carbons (Fsp3) is 0.294. The van der Waals surface area contributed by atoms with Crippen LogP contribution in [-0.2, 0) is 4.79 Å². The third kappa shape index (κ3) is 5.75. The third-order valence-corrected chi connectivity index (χ3v) is 4.21. The van der Waals surface area contributed by atoms with E-state index in [0.29, 0.717) is 23.4 Å². The molecule has 0 aliphatic rings. The Morgan fingerprint density at radius 3 is 2.75 bits per heavy atom. The minimum absolute atomic E-state index is 0.0177. The van der Waals surface area contributed by atoms with Crippen LogP contribution in [0, 0.1) is 5.82 Å². The summed E-state index contributed by atoms with van der Waals surface area (Å²) in [5, 5.41) is 17.1. The molecule has 1 aromatic carbocycles. The largest absolute Gasteiger partial charge is 0.387 e. The van der Waals surface area contributed by atoms with Crippen LogP contribution in [0.15, 0.2) is 41.8 Å². The zero-order valence-electron chi connectivity index (χ0n) is 13.0. The molecule has 7 heteroatoms. The van der Waals surface area contributed by atoms with Gasteiger partial charge in [-0.05, 0) is 35.6 Å². The molecule has 0 aliphatic heterocycles. The molecule has 1 aromatic heterocycles. The lowest BCUT2D eigenvalue weighted by Crippen LogP contribution is -2.30.